The maximum absolute atomic E-state index is 11.7. The molecule has 1 aromatic rings. The van der Waals surface area contributed by atoms with E-state index in [1.165, 1.54) is 0 Å². The molecular weight excluding hydrogens is 344 g/mol. The zero-order chi connectivity index (χ0) is 18.4. The van der Waals surface area contributed by atoms with Gasteiger partial charge in [0.1, 0.15) is 5.75 Å². The Hall–Kier alpha value is -2.09. The fraction of sp³-hybridized carbons (Fsp3) is 0.529. The number of hydrazine groups is 1. The average molecular weight is 368 g/mol. The number of nitrogens with one attached hydrogen (secondary N) is 2. The van der Waals surface area contributed by atoms with E-state index in [0.29, 0.717) is 6.42 Å². The molecule has 1 saturated heterocycles. The van der Waals surface area contributed by atoms with E-state index < -0.39 is 9.84 Å². The van der Waals surface area contributed by atoms with Gasteiger partial charge < -0.3 is 4.74 Å². The third kappa shape index (κ3) is 6.38. The Bertz CT molecular complexity index is 745. The van der Waals surface area contributed by atoms with Crippen molar-refractivity contribution in [1.82, 2.24) is 10.9 Å². The first-order valence-corrected chi connectivity index (χ1v) is 10.1. The SMILES string of the molecule is Cc1ccc(C)c(OCCC(=O)NNC(=O)CC2CCS(=O)(=O)C2)c1. The van der Waals surface area contributed by atoms with Crippen molar-refractivity contribution >= 4 is 21.7 Å². The second kappa shape index (κ2) is 8.33. The minimum absolute atomic E-state index is 0.0397. The molecule has 0 spiro atoms. The lowest BCUT2D eigenvalue weighted by Crippen LogP contribution is -2.42. The number of carbonyl (C=O) groups is 2. The van der Waals surface area contributed by atoms with Crippen LogP contribution in [0.15, 0.2) is 18.2 Å². The Morgan fingerprint density at radius 3 is 2.60 bits per heavy atom. The first-order valence-electron chi connectivity index (χ1n) is 8.23. The van der Waals surface area contributed by atoms with Gasteiger partial charge in [0.2, 0.25) is 11.8 Å². The number of hydrogen-bond donors (Lipinski definition) is 2. The van der Waals surface area contributed by atoms with Gasteiger partial charge in [0.25, 0.3) is 0 Å². The summed E-state index contributed by atoms with van der Waals surface area (Å²) in [7, 11) is -3.00. The molecule has 7 nitrogen and oxygen atoms in total. The Labute approximate surface area is 148 Å². The molecule has 0 saturated carbocycles. The van der Waals surface area contributed by atoms with Gasteiger partial charge in [0, 0.05) is 6.42 Å². The second-order valence-electron chi connectivity index (χ2n) is 6.44. The molecule has 1 heterocycles. The molecule has 8 heteroatoms. The van der Waals surface area contributed by atoms with Crippen LogP contribution in [0.5, 0.6) is 5.75 Å². The van der Waals surface area contributed by atoms with Crippen molar-refractivity contribution in [3.05, 3.63) is 29.3 Å². The molecule has 0 radical (unpaired) electrons. The number of ether oxygens (including phenoxy) is 1. The Morgan fingerprint density at radius 1 is 1.20 bits per heavy atom. The van der Waals surface area contributed by atoms with Crippen LogP contribution in [-0.2, 0) is 19.4 Å². The lowest BCUT2D eigenvalue weighted by Gasteiger charge is -2.11. The molecule has 138 valence electrons. The minimum atomic E-state index is -3.00. The summed E-state index contributed by atoms with van der Waals surface area (Å²) in [5.74, 6) is -0.0113. The predicted molar refractivity (Wildman–Crippen MR) is 93.7 cm³/mol. The molecule has 0 aliphatic carbocycles. The number of amides is 2. The van der Waals surface area contributed by atoms with Crippen LogP contribution in [0.3, 0.4) is 0 Å². The molecule has 1 atom stereocenters. The molecule has 2 rings (SSSR count). The van der Waals surface area contributed by atoms with E-state index in [2.05, 4.69) is 10.9 Å². The standard InChI is InChI=1S/C17H24N2O5S/c1-12-3-4-13(2)15(9-12)24-7-5-16(20)18-19-17(21)10-14-6-8-25(22,23)11-14/h3-4,9,14H,5-8,10-11H2,1-2H3,(H,18,20)(H,19,21). The van der Waals surface area contributed by atoms with Crippen molar-refractivity contribution in [3.8, 4) is 5.75 Å². The Kier molecular flexibility index (Phi) is 6.41. The molecule has 1 fully saturated rings. The number of sulfone groups is 1. The molecule has 1 aromatic carbocycles. The zero-order valence-corrected chi connectivity index (χ0v) is 15.3. The Balaban J connectivity index is 1.65. The first kappa shape index (κ1) is 19.2. The van der Waals surface area contributed by atoms with Gasteiger partial charge in [-0.2, -0.15) is 0 Å². The maximum Gasteiger partial charge on any atom is 0.241 e. The van der Waals surface area contributed by atoms with Crippen molar-refractivity contribution in [2.45, 2.75) is 33.1 Å². The highest BCUT2D eigenvalue weighted by Crippen LogP contribution is 2.21. The number of benzene rings is 1. The molecule has 25 heavy (non-hydrogen) atoms. The summed E-state index contributed by atoms with van der Waals surface area (Å²) in [6.07, 6.45) is 0.692. The van der Waals surface area contributed by atoms with E-state index in [-0.39, 0.29) is 48.7 Å². The molecule has 1 aliphatic heterocycles. The lowest BCUT2D eigenvalue weighted by molar-refractivity contribution is -0.129. The van der Waals surface area contributed by atoms with Crippen LogP contribution < -0.4 is 15.6 Å². The van der Waals surface area contributed by atoms with Gasteiger partial charge in [0.15, 0.2) is 9.84 Å². The highest BCUT2D eigenvalue weighted by molar-refractivity contribution is 7.91. The van der Waals surface area contributed by atoms with Crippen molar-refractivity contribution in [2.24, 2.45) is 5.92 Å². The van der Waals surface area contributed by atoms with Crippen LogP contribution in [0.25, 0.3) is 0 Å². The van der Waals surface area contributed by atoms with Crippen LogP contribution >= 0.6 is 0 Å². The highest BCUT2D eigenvalue weighted by atomic mass is 32.2. The maximum atomic E-state index is 11.7. The van der Waals surface area contributed by atoms with Crippen LogP contribution in [0.2, 0.25) is 0 Å². The molecule has 2 amide bonds. The summed E-state index contributed by atoms with van der Waals surface area (Å²) < 4.78 is 28.3. The molecule has 1 unspecified atom stereocenters. The van der Waals surface area contributed by atoms with Gasteiger partial charge in [-0.1, -0.05) is 12.1 Å². The fourth-order valence-electron chi connectivity index (χ4n) is 2.66. The van der Waals surface area contributed by atoms with Crippen LogP contribution in [0.4, 0.5) is 0 Å². The summed E-state index contributed by atoms with van der Waals surface area (Å²) in [5, 5.41) is 0. The molecule has 0 bridgehead atoms. The van der Waals surface area contributed by atoms with Gasteiger partial charge in [0.05, 0.1) is 24.5 Å². The van der Waals surface area contributed by atoms with E-state index in [9.17, 15) is 18.0 Å². The van der Waals surface area contributed by atoms with E-state index >= 15 is 0 Å². The first-order chi connectivity index (χ1) is 11.7. The van der Waals surface area contributed by atoms with E-state index in [0.717, 1.165) is 16.9 Å². The molecule has 0 aromatic heterocycles. The normalized spacial score (nSPS) is 18.6. The summed E-state index contributed by atoms with van der Waals surface area (Å²) in [6.45, 7) is 4.09. The molecular formula is C17H24N2O5S. The van der Waals surface area contributed by atoms with E-state index in [1.54, 1.807) is 0 Å². The minimum Gasteiger partial charge on any atom is -0.493 e. The fourth-order valence-corrected chi connectivity index (χ4v) is 4.53. The van der Waals surface area contributed by atoms with Crippen LogP contribution in [-0.4, -0.2) is 38.3 Å². The Morgan fingerprint density at radius 2 is 1.92 bits per heavy atom. The summed E-state index contributed by atoms with van der Waals surface area (Å²) >= 11 is 0. The quantitative estimate of drug-likeness (QED) is 0.731. The number of aryl methyl sites for hydroxylation is 2. The smallest absolute Gasteiger partial charge is 0.241 e. The zero-order valence-electron chi connectivity index (χ0n) is 14.5. The van der Waals surface area contributed by atoms with Crippen molar-refractivity contribution in [3.63, 3.8) is 0 Å². The van der Waals surface area contributed by atoms with Gasteiger partial charge >= 0.3 is 0 Å². The van der Waals surface area contributed by atoms with Gasteiger partial charge in [-0.25, -0.2) is 8.42 Å². The lowest BCUT2D eigenvalue weighted by atomic mass is 10.1. The monoisotopic (exact) mass is 368 g/mol. The van der Waals surface area contributed by atoms with Crippen LogP contribution in [0, 0.1) is 19.8 Å². The molecule has 2 N–H and O–H groups in total. The average Bonchev–Trinajstić information content (AvgIpc) is 2.87. The van der Waals surface area contributed by atoms with Gasteiger partial charge in [-0.05, 0) is 43.4 Å². The van der Waals surface area contributed by atoms with Gasteiger partial charge in [-0.3, -0.25) is 20.4 Å². The van der Waals surface area contributed by atoms with Crippen molar-refractivity contribution < 1.29 is 22.7 Å². The topological polar surface area (TPSA) is 102 Å². The van der Waals surface area contributed by atoms with Gasteiger partial charge in [-0.15, -0.1) is 0 Å². The molecule has 1 aliphatic rings. The van der Waals surface area contributed by atoms with Crippen molar-refractivity contribution in [1.29, 1.82) is 0 Å². The summed E-state index contributed by atoms with van der Waals surface area (Å²) in [5.41, 5.74) is 6.71. The number of hydrogen-bond acceptors (Lipinski definition) is 5. The van der Waals surface area contributed by atoms with E-state index in [1.807, 2.05) is 32.0 Å². The highest BCUT2D eigenvalue weighted by Gasteiger charge is 2.29. The third-order valence-electron chi connectivity index (χ3n) is 4.07. The van der Waals surface area contributed by atoms with E-state index in [4.69, 9.17) is 4.74 Å². The number of rotatable bonds is 6. The third-order valence-corrected chi connectivity index (χ3v) is 5.91. The number of carbonyl (C=O) groups excluding carboxylic acids is 2. The second-order valence-corrected chi connectivity index (χ2v) is 8.67. The predicted octanol–water partition coefficient (Wildman–Crippen LogP) is 1.04. The van der Waals surface area contributed by atoms with Crippen molar-refractivity contribution in [2.75, 3.05) is 18.1 Å². The largest absolute Gasteiger partial charge is 0.493 e. The summed E-state index contributed by atoms with van der Waals surface area (Å²) in [4.78, 5) is 23.5. The van der Waals surface area contributed by atoms with Crippen LogP contribution in [0.1, 0.15) is 30.4 Å². The summed E-state index contributed by atoms with van der Waals surface area (Å²) in [6, 6.07) is 5.85.